The van der Waals surface area contributed by atoms with Gasteiger partial charge >= 0.3 is 0 Å². The van der Waals surface area contributed by atoms with E-state index in [2.05, 4.69) is 0 Å². The van der Waals surface area contributed by atoms with E-state index in [9.17, 15) is 0 Å². The van der Waals surface area contributed by atoms with Gasteiger partial charge in [0.05, 0.1) is 24.3 Å². The van der Waals surface area contributed by atoms with Gasteiger partial charge in [0.15, 0.2) is 10.8 Å². The van der Waals surface area contributed by atoms with E-state index in [0.29, 0.717) is 6.42 Å². The molecule has 4 heteroatoms. The second kappa shape index (κ2) is 2.48. The van der Waals surface area contributed by atoms with Gasteiger partial charge < -0.3 is 0 Å². The molecule has 1 aliphatic rings. The van der Waals surface area contributed by atoms with Crippen LogP contribution in [0.3, 0.4) is 0 Å². The highest BCUT2D eigenvalue weighted by Crippen LogP contribution is 2.59. The van der Waals surface area contributed by atoms with Gasteiger partial charge in [-0.1, -0.05) is 6.92 Å². The molecular formula is C9H6N4. The molecule has 0 N–H and O–H groups in total. The van der Waals surface area contributed by atoms with Crippen LogP contribution in [-0.4, -0.2) is 0 Å². The van der Waals surface area contributed by atoms with Gasteiger partial charge in [-0.25, -0.2) is 0 Å². The molecule has 0 aromatic carbocycles. The third-order valence-corrected chi connectivity index (χ3v) is 2.76. The maximum Gasteiger partial charge on any atom is 0.178 e. The van der Waals surface area contributed by atoms with Crippen molar-refractivity contribution in [2.45, 2.75) is 13.3 Å². The summed E-state index contributed by atoms with van der Waals surface area (Å²) in [6, 6.07) is 7.17. The van der Waals surface area contributed by atoms with Crippen molar-refractivity contribution in [1.82, 2.24) is 0 Å². The number of rotatable bonds is 0. The van der Waals surface area contributed by atoms with Crippen molar-refractivity contribution in [3.8, 4) is 24.3 Å². The monoisotopic (exact) mass is 170 g/mol. The van der Waals surface area contributed by atoms with E-state index in [-0.39, 0.29) is 5.92 Å². The summed E-state index contributed by atoms with van der Waals surface area (Å²) in [5.41, 5.74) is -2.85. The summed E-state index contributed by atoms with van der Waals surface area (Å²) in [4.78, 5) is 0. The Balaban J connectivity index is 3.28. The van der Waals surface area contributed by atoms with Crippen molar-refractivity contribution < 1.29 is 0 Å². The van der Waals surface area contributed by atoms with Crippen molar-refractivity contribution in [3.63, 3.8) is 0 Å². The van der Waals surface area contributed by atoms with Crippen LogP contribution in [0, 0.1) is 62.1 Å². The van der Waals surface area contributed by atoms with E-state index in [1.807, 2.05) is 0 Å². The first-order chi connectivity index (χ1) is 6.12. The van der Waals surface area contributed by atoms with Gasteiger partial charge in [-0.2, -0.15) is 21.0 Å². The molecule has 0 radical (unpaired) electrons. The number of hydrogen-bond donors (Lipinski definition) is 0. The topological polar surface area (TPSA) is 95.2 Å². The van der Waals surface area contributed by atoms with Crippen LogP contribution in [0.5, 0.6) is 0 Å². The highest BCUT2D eigenvalue weighted by atomic mass is 14.7. The molecule has 1 unspecified atom stereocenters. The minimum absolute atomic E-state index is 0.207. The van der Waals surface area contributed by atoms with Gasteiger partial charge in [0.2, 0.25) is 0 Å². The van der Waals surface area contributed by atoms with E-state index in [4.69, 9.17) is 21.0 Å². The van der Waals surface area contributed by atoms with E-state index >= 15 is 0 Å². The molecule has 0 spiro atoms. The van der Waals surface area contributed by atoms with Crippen LogP contribution in [0.25, 0.3) is 0 Å². The molecule has 0 aliphatic heterocycles. The predicted octanol–water partition coefficient (Wildman–Crippen LogP) is 1.09. The van der Waals surface area contributed by atoms with Crippen molar-refractivity contribution in [2.24, 2.45) is 16.7 Å². The first kappa shape index (κ1) is 9.05. The molecular weight excluding hydrogens is 164 g/mol. The summed E-state index contributed by atoms with van der Waals surface area (Å²) in [5.74, 6) is -0.207. The Morgan fingerprint density at radius 3 is 1.62 bits per heavy atom. The Hall–Kier alpha value is -2.04. The van der Waals surface area contributed by atoms with Gasteiger partial charge in [-0.3, -0.25) is 0 Å². The standard InChI is InChI=1S/C9H6N4/c1-7-2-8(3-10,4-11)9(7,5-12)6-13/h7H,2H2,1H3. The van der Waals surface area contributed by atoms with Gasteiger partial charge in [0, 0.05) is 0 Å². The minimum atomic E-state index is -1.43. The third-order valence-electron chi connectivity index (χ3n) is 2.76. The van der Waals surface area contributed by atoms with Crippen LogP contribution < -0.4 is 0 Å². The van der Waals surface area contributed by atoms with Crippen LogP contribution in [0.15, 0.2) is 0 Å². The third kappa shape index (κ3) is 0.703. The Bertz CT molecular complexity index is 367. The summed E-state index contributed by atoms with van der Waals surface area (Å²) in [6.07, 6.45) is 0.307. The highest BCUT2D eigenvalue weighted by molar-refractivity contribution is 5.41. The lowest BCUT2D eigenvalue weighted by Gasteiger charge is -2.46. The van der Waals surface area contributed by atoms with Gasteiger partial charge in [-0.05, 0) is 12.3 Å². The maximum absolute atomic E-state index is 8.83. The maximum atomic E-state index is 8.83. The molecule has 1 saturated carbocycles. The Morgan fingerprint density at radius 2 is 1.46 bits per heavy atom. The number of hydrogen-bond acceptors (Lipinski definition) is 4. The average Bonchev–Trinajstić information content (AvgIpc) is 2.16. The largest absolute Gasteiger partial charge is 0.196 e. The van der Waals surface area contributed by atoms with Crippen LogP contribution in [0.4, 0.5) is 0 Å². The molecule has 1 aliphatic carbocycles. The fourth-order valence-electron chi connectivity index (χ4n) is 1.79. The van der Waals surface area contributed by atoms with Crippen LogP contribution >= 0.6 is 0 Å². The number of nitriles is 4. The second-order valence-electron chi connectivity index (χ2n) is 3.27. The molecule has 62 valence electrons. The van der Waals surface area contributed by atoms with E-state index in [1.54, 1.807) is 31.2 Å². The fraction of sp³-hybridized carbons (Fsp3) is 0.556. The first-order valence-corrected chi connectivity index (χ1v) is 3.77. The molecule has 1 rings (SSSR count). The SMILES string of the molecule is CC1CC(C#N)(C#N)C1(C#N)C#N. The zero-order chi connectivity index (χ0) is 10.1. The molecule has 4 nitrogen and oxygen atoms in total. The predicted molar refractivity (Wildman–Crippen MR) is 41.1 cm³/mol. The smallest absolute Gasteiger partial charge is 0.178 e. The fourth-order valence-corrected chi connectivity index (χ4v) is 1.79. The average molecular weight is 170 g/mol. The summed E-state index contributed by atoms with van der Waals surface area (Å²) >= 11 is 0. The van der Waals surface area contributed by atoms with Crippen LogP contribution in [0.1, 0.15) is 13.3 Å². The zero-order valence-electron chi connectivity index (χ0n) is 7.07. The van der Waals surface area contributed by atoms with E-state index in [1.165, 1.54) is 0 Å². The minimum Gasteiger partial charge on any atom is -0.196 e. The second-order valence-corrected chi connectivity index (χ2v) is 3.27. The Kier molecular flexibility index (Phi) is 1.73. The van der Waals surface area contributed by atoms with Crippen LogP contribution in [-0.2, 0) is 0 Å². The van der Waals surface area contributed by atoms with Gasteiger partial charge in [-0.15, -0.1) is 0 Å². The summed E-state index contributed by atoms with van der Waals surface area (Å²) in [7, 11) is 0. The Labute approximate surface area is 76.2 Å². The van der Waals surface area contributed by atoms with Gasteiger partial charge in [0.25, 0.3) is 0 Å². The molecule has 1 atom stereocenters. The lowest BCUT2D eigenvalue weighted by Crippen LogP contribution is -2.54. The lowest BCUT2D eigenvalue weighted by molar-refractivity contribution is 0.0495. The molecule has 0 amide bonds. The van der Waals surface area contributed by atoms with E-state index < -0.39 is 10.8 Å². The van der Waals surface area contributed by atoms with Crippen molar-refractivity contribution in [1.29, 1.82) is 21.0 Å². The first-order valence-electron chi connectivity index (χ1n) is 3.77. The molecule has 13 heavy (non-hydrogen) atoms. The molecule has 0 bridgehead atoms. The normalized spacial score (nSPS) is 26.7. The molecule has 0 aromatic rings. The molecule has 0 saturated heterocycles. The van der Waals surface area contributed by atoms with Crippen LogP contribution in [0.2, 0.25) is 0 Å². The quantitative estimate of drug-likeness (QED) is 0.543. The van der Waals surface area contributed by atoms with E-state index in [0.717, 1.165) is 0 Å². The van der Waals surface area contributed by atoms with Crippen molar-refractivity contribution in [2.75, 3.05) is 0 Å². The highest BCUT2D eigenvalue weighted by Gasteiger charge is 2.67. The molecule has 0 heterocycles. The zero-order valence-corrected chi connectivity index (χ0v) is 7.07. The lowest BCUT2D eigenvalue weighted by atomic mass is 9.46. The number of nitrogens with zero attached hydrogens (tertiary/aromatic N) is 4. The molecule has 0 aromatic heterocycles. The summed E-state index contributed by atoms with van der Waals surface area (Å²) in [5, 5.41) is 35.2. The Morgan fingerprint density at radius 1 is 1.00 bits per heavy atom. The molecule has 1 fully saturated rings. The van der Waals surface area contributed by atoms with Crippen molar-refractivity contribution >= 4 is 0 Å². The van der Waals surface area contributed by atoms with Crippen molar-refractivity contribution in [3.05, 3.63) is 0 Å². The summed E-state index contributed by atoms with van der Waals surface area (Å²) in [6.45, 7) is 1.71. The van der Waals surface area contributed by atoms with Gasteiger partial charge in [0.1, 0.15) is 0 Å². The summed E-state index contributed by atoms with van der Waals surface area (Å²) < 4.78 is 0.